The first-order chi connectivity index (χ1) is 20.4. The van der Waals surface area contributed by atoms with E-state index in [0.29, 0.717) is 53.3 Å². The minimum atomic E-state index is -0.917. The zero-order chi connectivity index (χ0) is 29.4. The molecule has 0 radical (unpaired) electrons. The Morgan fingerprint density at radius 2 is 1.86 bits per heavy atom. The first kappa shape index (κ1) is 27.8. The Kier molecular flexibility index (Phi) is 7.60. The van der Waals surface area contributed by atoms with Crippen LogP contribution in [0, 0.1) is 13.8 Å². The third-order valence-electron chi connectivity index (χ3n) is 7.48. The lowest BCUT2D eigenvalue weighted by Crippen LogP contribution is -2.29. The first-order valence-electron chi connectivity index (χ1n) is 14.2. The van der Waals surface area contributed by atoms with E-state index in [1.54, 1.807) is 18.2 Å². The van der Waals surface area contributed by atoms with Gasteiger partial charge in [0, 0.05) is 5.56 Å². The van der Waals surface area contributed by atoms with Crippen molar-refractivity contribution in [2.45, 2.75) is 46.1 Å². The monoisotopic (exact) mass is 584 g/mol. The van der Waals surface area contributed by atoms with Crippen LogP contribution >= 0.6 is 11.3 Å². The summed E-state index contributed by atoms with van der Waals surface area (Å²) in [6.45, 7) is 7.50. The molecule has 1 amide bonds. The number of benzene rings is 3. The van der Waals surface area contributed by atoms with E-state index >= 15 is 0 Å². The van der Waals surface area contributed by atoms with Crippen molar-refractivity contribution in [3.63, 3.8) is 0 Å². The number of amides is 1. The number of hydrogen-bond acceptors (Lipinski definition) is 8. The second-order valence-corrected chi connectivity index (χ2v) is 11.6. The average Bonchev–Trinajstić information content (AvgIpc) is 3.53. The van der Waals surface area contributed by atoms with Crippen molar-refractivity contribution in [3.8, 4) is 17.2 Å². The van der Waals surface area contributed by atoms with Crippen LogP contribution in [0.25, 0.3) is 16.0 Å². The topological polar surface area (TPSA) is 98.2 Å². The van der Waals surface area contributed by atoms with Gasteiger partial charge in [0.2, 0.25) is 0 Å². The van der Waals surface area contributed by atoms with Crippen LogP contribution in [0.4, 0.5) is 5.13 Å². The normalized spacial score (nSPS) is 17.7. The molecule has 1 saturated heterocycles. The van der Waals surface area contributed by atoms with Crippen molar-refractivity contribution >= 4 is 44.1 Å². The Bertz CT molecular complexity index is 1730. The maximum Gasteiger partial charge on any atom is 0.301 e. The molecule has 6 rings (SSSR count). The molecule has 3 heterocycles. The summed E-state index contributed by atoms with van der Waals surface area (Å²) < 4.78 is 18.3. The van der Waals surface area contributed by atoms with Gasteiger partial charge < -0.3 is 19.3 Å². The van der Waals surface area contributed by atoms with E-state index in [-0.39, 0.29) is 11.3 Å². The average molecular weight is 585 g/mol. The number of anilines is 1. The highest BCUT2D eigenvalue weighted by atomic mass is 32.1. The molecule has 3 aromatic carbocycles. The molecule has 4 aromatic rings. The van der Waals surface area contributed by atoms with Gasteiger partial charge in [-0.05, 0) is 73.4 Å². The zero-order valence-electron chi connectivity index (χ0n) is 23.8. The molecule has 9 heteroatoms. The highest BCUT2D eigenvalue weighted by molar-refractivity contribution is 7.22. The number of rotatable bonds is 8. The molecule has 2 aliphatic heterocycles. The summed E-state index contributed by atoms with van der Waals surface area (Å²) in [4.78, 5) is 33.7. The highest BCUT2D eigenvalue weighted by Crippen LogP contribution is 2.46. The van der Waals surface area contributed by atoms with Crippen LogP contribution in [0.1, 0.15) is 54.5 Å². The van der Waals surface area contributed by atoms with Gasteiger partial charge in [-0.15, -0.1) is 0 Å². The number of aromatic nitrogens is 1. The number of fused-ring (bicyclic) bond motifs is 2. The van der Waals surface area contributed by atoms with Gasteiger partial charge in [-0.25, -0.2) is 4.98 Å². The van der Waals surface area contributed by atoms with Gasteiger partial charge in [-0.1, -0.05) is 49.3 Å². The smallest absolute Gasteiger partial charge is 0.301 e. The molecule has 0 bridgehead atoms. The van der Waals surface area contributed by atoms with Crippen LogP contribution in [-0.4, -0.2) is 41.6 Å². The summed E-state index contributed by atoms with van der Waals surface area (Å²) in [7, 11) is 0. The van der Waals surface area contributed by atoms with E-state index in [2.05, 4.69) is 6.92 Å². The number of thiazole rings is 1. The molecule has 1 N–H and O–H groups in total. The third kappa shape index (κ3) is 5.09. The molecular formula is C33H32N2O6S. The lowest BCUT2D eigenvalue weighted by Gasteiger charge is -2.24. The quantitative estimate of drug-likeness (QED) is 0.104. The van der Waals surface area contributed by atoms with Crippen molar-refractivity contribution in [2.24, 2.45) is 0 Å². The first-order valence-corrected chi connectivity index (χ1v) is 15.0. The maximum atomic E-state index is 13.7. The van der Waals surface area contributed by atoms with E-state index in [9.17, 15) is 14.7 Å². The summed E-state index contributed by atoms with van der Waals surface area (Å²) >= 11 is 1.35. The van der Waals surface area contributed by atoms with Gasteiger partial charge >= 0.3 is 5.91 Å². The van der Waals surface area contributed by atoms with Crippen LogP contribution in [0.5, 0.6) is 17.2 Å². The Balaban J connectivity index is 1.49. The Morgan fingerprint density at radius 1 is 1.05 bits per heavy atom. The molecule has 0 spiro atoms. The van der Waals surface area contributed by atoms with E-state index in [4.69, 9.17) is 19.2 Å². The van der Waals surface area contributed by atoms with Crippen LogP contribution in [0.3, 0.4) is 0 Å². The number of hydrogen-bond donors (Lipinski definition) is 1. The molecule has 1 fully saturated rings. The lowest BCUT2D eigenvalue weighted by molar-refractivity contribution is -0.132. The number of aliphatic hydroxyl groups is 1. The number of nitrogens with zero attached hydrogens (tertiary/aromatic N) is 2. The largest absolute Gasteiger partial charge is 0.507 e. The van der Waals surface area contributed by atoms with E-state index in [1.807, 2.05) is 50.2 Å². The van der Waals surface area contributed by atoms with Crippen LogP contribution in [-0.2, 0) is 9.59 Å². The Hall–Kier alpha value is -4.37. The van der Waals surface area contributed by atoms with Crippen LogP contribution in [0.2, 0.25) is 0 Å². The summed E-state index contributed by atoms with van der Waals surface area (Å²) in [5, 5.41) is 12.0. The third-order valence-corrected chi connectivity index (χ3v) is 8.48. The predicted octanol–water partition coefficient (Wildman–Crippen LogP) is 6.88. The highest BCUT2D eigenvalue weighted by Gasteiger charge is 2.48. The van der Waals surface area contributed by atoms with Gasteiger partial charge in [0.05, 0.1) is 28.4 Å². The van der Waals surface area contributed by atoms with E-state index in [0.717, 1.165) is 40.6 Å². The summed E-state index contributed by atoms with van der Waals surface area (Å²) in [5.74, 6) is -0.168. The molecule has 1 aromatic heterocycles. The van der Waals surface area contributed by atoms with E-state index in [1.165, 1.54) is 16.2 Å². The van der Waals surface area contributed by atoms with Crippen LogP contribution < -0.4 is 19.1 Å². The predicted molar refractivity (Wildman–Crippen MR) is 163 cm³/mol. The van der Waals surface area contributed by atoms with Gasteiger partial charge in [0.15, 0.2) is 16.6 Å². The minimum Gasteiger partial charge on any atom is -0.507 e. The van der Waals surface area contributed by atoms with Crippen molar-refractivity contribution in [2.75, 3.05) is 24.7 Å². The number of unbranched alkanes of at least 4 members (excludes halogenated alkanes) is 2. The summed E-state index contributed by atoms with van der Waals surface area (Å²) in [6, 6.07) is 15.5. The van der Waals surface area contributed by atoms with Crippen molar-refractivity contribution in [1.82, 2.24) is 4.98 Å². The number of carbonyl (C=O) groups is 2. The van der Waals surface area contributed by atoms with Crippen molar-refractivity contribution in [1.29, 1.82) is 0 Å². The van der Waals surface area contributed by atoms with Gasteiger partial charge in [-0.3, -0.25) is 14.5 Å². The Labute approximate surface area is 248 Å². The Morgan fingerprint density at radius 3 is 2.67 bits per heavy atom. The molecule has 216 valence electrons. The fourth-order valence-electron chi connectivity index (χ4n) is 5.47. The standard InChI is InChI=1S/C33H32N2O6S/c1-4-5-6-12-39-23-9-7-8-21(17-23)29-27(30(36)22-10-11-24-25(18-22)41-14-13-40-24)31(37)32(38)35(29)33-34-28-20(3)15-19(2)16-26(28)42-33/h7-11,15-18,29,36H,4-6,12-14H2,1-3H3/b30-27-. The number of Topliss-reactive ketones (excluding diaryl/α,β-unsaturated/α-hetero) is 1. The molecule has 42 heavy (non-hydrogen) atoms. The number of aryl methyl sites for hydroxylation is 2. The zero-order valence-corrected chi connectivity index (χ0v) is 24.6. The number of carbonyl (C=O) groups excluding carboxylic acids is 2. The van der Waals surface area contributed by atoms with E-state index < -0.39 is 17.7 Å². The fraction of sp³-hybridized carbons (Fsp3) is 0.303. The SMILES string of the molecule is CCCCCOc1cccc(C2/C(=C(/O)c3ccc4c(c3)OCCO4)C(=O)C(=O)N2c2nc3c(C)cc(C)cc3s2)c1. The molecule has 8 nitrogen and oxygen atoms in total. The fourth-order valence-corrected chi connectivity index (χ4v) is 6.64. The van der Waals surface area contributed by atoms with Crippen molar-refractivity contribution < 1.29 is 28.9 Å². The number of ether oxygens (including phenoxy) is 3. The molecule has 1 atom stereocenters. The summed E-state index contributed by atoms with van der Waals surface area (Å²) in [5.41, 5.74) is 3.81. The molecule has 0 saturated carbocycles. The second-order valence-electron chi connectivity index (χ2n) is 10.6. The number of aliphatic hydroxyl groups excluding tert-OH is 1. The van der Waals surface area contributed by atoms with Gasteiger partial charge in [0.25, 0.3) is 5.78 Å². The molecule has 1 unspecified atom stereocenters. The minimum absolute atomic E-state index is 0.0213. The second kappa shape index (κ2) is 11.5. The number of ketones is 1. The van der Waals surface area contributed by atoms with Crippen molar-refractivity contribution in [3.05, 3.63) is 82.4 Å². The lowest BCUT2D eigenvalue weighted by atomic mass is 9.95. The van der Waals surface area contributed by atoms with Gasteiger partial charge in [0.1, 0.15) is 24.7 Å². The molecule has 0 aliphatic carbocycles. The van der Waals surface area contributed by atoms with Gasteiger partial charge in [-0.2, -0.15) is 0 Å². The summed E-state index contributed by atoms with van der Waals surface area (Å²) in [6.07, 6.45) is 3.07. The molecule has 2 aliphatic rings. The maximum absolute atomic E-state index is 13.7. The van der Waals surface area contributed by atoms with Crippen LogP contribution in [0.15, 0.2) is 60.2 Å². The molecular weight excluding hydrogens is 552 g/mol.